The van der Waals surface area contributed by atoms with Gasteiger partial charge in [-0.25, -0.2) is 0 Å². The van der Waals surface area contributed by atoms with Gasteiger partial charge in [0.05, 0.1) is 10.8 Å². The molecule has 3 rings (SSSR count). The second-order valence-electron chi connectivity index (χ2n) is 5.38. The van der Waals surface area contributed by atoms with Crippen molar-refractivity contribution in [3.05, 3.63) is 23.3 Å². The van der Waals surface area contributed by atoms with Crippen LogP contribution in [0.4, 0.5) is 0 Å². The molecule has 0 aliphatic heterocycles. The Morgan fingerprint density at radius 1 is 0.812 bits per heavy atom. The number of rotatable bonds is 0. The Kier molecular flexibility index (Phi) is 3.06. The van der Waals surface area contributed by atoms with Crippen LogP contribution in [0, 0.1) is 11.8 Å². The van der Waals surface area contributed by atoms with Gasteiger partial charge in [0.1, 0.15) is 0 Å². The van der Waals surface area contributed by atoms with Gasteiger partial charge in [0.2, 0.25) is 0 Å². The minimum absolute atomic E-state index is 0.224. The van der Waals surface area contributed by atoms with E-state index in [4.69, 9.17) is 23.2 Å². The predicted octanol–water partition coefficient (Wildman–Crippen LogP) is 4.67. The molecule has 0 aromatic rings. The smallest absolute Gasteiger partial charge is 0.0537 e. The predicted molar refractivity (Wildman–Crippen MR) is 70.1 cm³/mol. The third kappa shape index (κ3) is 1.75. The van der Waals surface area contributed by atoms with Gasteiger partial charge >= 0.3 is 0 Å². The Morgan fingerprint density at radius 2 is 1.25 bits per heavy atom. The van der Waals surface area contributed by atoms with Gasteiger partial charge in [-0.05, 0) is 50.4 Å². The van der Waals surface area contributed by atoms with E-state index in [1.807, 2.05) is 0 Å². The fourth-order valence-corrected chi connectivity index (χ4v) is 4.42. The molecule has 0 aromatic heterocycles. The second-order valence-corrected chi connectivity index (χ2v) is 6.39. The zero-order chi connectivity index (χ0) is 11.1. The van der Waals surface area contributed by atoms with Crippen LogP contribution in [-0.2, 0) is 0 Å². The van der Waals surface area contributed by atoms with Crippen molar-refractivity contribution >= 4 is 23.2 Å². The summed E-state index contributed by atoms with van der Waals surface area (Å²) in [4.78, 5) is 0. The second kappa shape index (κ2) is 4.38. The molecule has 0 nitrogen and oxygen atoms in total. The number of halogens is 2. The van der Waals surface area contributed by atoms with Crippen LogP contribution in [0.25, 0.3) is 0 Å². The molecule has 3 aliphatic carbocycles. The molecule has 3 aliphatic rings. The van der Waals surface area contributed by atoms with Gasteiger partial charge in [-0.1, -0.05) is 23.3 Å². The van der Waals surface area contributed by atoms with E-state index < -0.39 is 0 Å². The van der Waals surface area contributed by atoms with E-state index in [0.717, 1.165) is 0 Å². The highest BCUT2D eigenvalue weighted by atomic mass is 35.5. The highest BCUT2D eigenvalue weighted by Gasteiger charge is 2.50. The summed E-state index contributed by atoms with van der Waals surface area (Å²) in [5.74, 6) is 1.35. The molecule has 0 radical (unpaired) electrons. The molecule has 0 N–H and O–H groups in total. The molecule has 4 unspecified atom stereocenters. The van der Waals surface area contributed by atoms with Crippen LogP contribution in [0.2, 0.25) is 0 Å². The molecule has 0 spiro atoms. The topological polar surface area (TPSA) is 0 Å². The first kappa shape index (κ1) is 11.2. The van der Waals surface area contributed by atoms with Crippen molar-refractivity contribution in [2.24, 2.45) is 11.8 Å². The van der Waals surface area contributed by atoms with E-state index >= 15 is 0 Å². The molecular formula is C14H18Cl2. The molecule has 4 atom stereocenters. The maximum absolute atomic E-state index is 6.31. The molecule has 1 fully saturated rings. The van der Waals surface area contributed by atoms with Crippen LogP contribution >= 0.6 is 23.2 Å². The van der Waals surface area contributed by atoms with E-state index in [-0.39, 0.29) is 10.8 Å². The number of allylic oxidation sites excluding steroid dienone is 4. The van der Waals surface area contributed by atoms with Crippen molar-refractivity contribution < 1.29 is 0 Å². The maximum Gasteiger partial charge on any atom is 0.0537 e. The normalized spacial score (nSPS) is 44.9. The molecule has 16 heavy (non-hydrogen) atoms. The molecule has 0 amide bonds. The number of alkyl halides is 2. The summed E-state index contributed by atoms with van der Waals surface area (Å²) in [7, 11) is 0. The average molecular weight is 257 g/mol. The van der Waals surface area contributed by atoms with Gasteiger partial charge in [0, 0.05) is 0 Å². The standard InChI is InChI=1S/C14H18Cl2/c15-13-11-7-9-5-3-1-2-4-6-10(9)8-12(11)14(13)16/h1-2,11-14H,3-8H2/b2-1-. The third-order valence-corrected chi connectivity index (χ3v) is 5.85. The zero-order valence-corrected chi connectivity index (χ0v) is 11.0. The summed E-state index contributed by atoms with van der Waals surface area (Å²) in [6.07, 6.45) is 12.1. The fourth-order valence-electron chi connectivity index (χ4n) is 3.49. The first-order valence-corrected chi connectivity index (χ1v) is 7.27. The average Bonchev–Trinajstić information content (AvgIpc) is 2.28. The van der Waals surface area contributed by atoms with Crippen molar-refractivity contribution in [2.75, 3.05) is 0 Å². The van der Waals surface area contributed by atoms with Crippen molar-refractivity contribution in [1.82, 2.24) is 0 Å². The number of hydrogen-bond donors (Lipinski definition) is 0. The van der Waals surface area contributed by atoms with Crippen LogP contribution in [0.1, 0.15) is 38.5 Å². The van der Waals surface area contributed by atoms with E-state index in [9.17, 15) is 0 Å². The maximum atomic E-state index is 6.31. The number of hydrogen-bond acceptors (Lipinski definition) is 0. The monoisotopic (exact) mass is 256 g/mol. The summed E-state index contributed by atoms with van der Waals surface area (Å²) >= 11 is 12.6. The molecule has 0 saturated heterocycles. The van der Waals surface area contributed by atoms with Gasteiger partial charge in [0.15, 0.2) is 0 Å². The molecular weight excluding hydrogens is 239 g/mol. The first-order chi connectivity index (χ1) is 7.77. The van der Waals surface area contributed by atoms with Crippen molar-refractivity contribution in [1.29, 1.82) is 0 Å². The van der Waals surface area contributed by atoms with Crippen molar-refractivity contribution in [2.45, 2.75) is 49.3 Å². The first-order valence-electron chi connectivity index (χ1n) is 6.40. The Labute approximate surface area is 108 Å². The van der Waals surface area contributed by atoms with Crippen LogP contribution in [0.3, 0.4) is 0 Å². The zero-order valence-electron chi connectivity index (χ0n) is 9.46. The van der Waals surface area contributed by atoms with Crippen molar-refractivity contribution in [3.8, 4) is 0 Å². The quantitative estimate of drug-likeness (QED) is 0.437. The Hall–Kier alpha value is 0.0600. The lowest BCUT2D eigenvalue weighted by atomic mass is 9.62. The minimum Gasteiger partial charge on any atom is -0.121 e. The van der Waals surface area contributed by atoms with Crippen LogP contribution in [0.5, 0.6) is 0 Å². The van der Waals surface area contributed by atoms with Crippen LogP contribution in [0.15, 0.2) is 23.3 Å². The molecule has 0 bridgehead atoms. The van der Waals surface area contributed by atoms with E-state index in [1.54, 1.807) is 11.1 Å². The molecule has 0 heterocycles. The lowest BCUT2D eigenvalue weighted by Crippen LogP contribution is -2.51. The SMILES string of the molecule is ClC1C(Cl)C2CC3=C(CC/C=C\CC3)CC12. The van der Waals surface area contributed by atoms with E-state index in [1.165, 1.54) is 38.5 Å². The summed E-state index contributed by atoms with van der Waals surface area (Å²) in [6.45, 7) is 0. The number of fused-ring (bicyclic) bond motifs is 1. The summed E-state index contributed by atoms with van der Waals surface area (Å²) in [5, 5.41) is 0.448. The highest BCUT2D eigenvalue weighted by molar-refractivity contribution is 6.31. The Balaban J connectivity index is 1.79. The van der Waals surface area contributed by atoms with Gasteiger partial charge in [0.25, 0.3) is 0 Å². The van der Waals surface area contributed by atoms with Gasteiger partial charge in [-0.2, -0.15) is 0 Å². The highest BCUT2D eigenvalue weighted by Crippen LogP contribution is 2.53. The Bertz CT molecular complexity index is 311. The van der Waals surface area contributed by atoms with E-state index in [2.05, 4.69) is 12.2 Å². The Morgan fingerprint density at radius 3 is 1.69 bits per heavy atom. The largest absolute Gasteiger partial charge is 0.121 e. The van der Waals surface area contributed by atoms with Crippen LogP contribution < -0.4 is 0 Å². The van der Waals surface area contributed by atoms with Gasteiger partial charge < -0.3 is 0 Å². The lowest BCUT2D eigenvalue weighted by molar-refractivity contribution is 0.172. The minimum atomic E-state index is 0.224. The van der Waals surface area contributed by atoms with Crippen LogP contribution in [-0.4, -0.2) is 10.8 Å². The van der Waals surface area contributed by atoms with Gasteiger partial charge in [-0.15, -0.1) is 23.2 Å². The molecule has 1 saturated carbocycles. The molecule has 0 aromatic carbocycles. The fraction of sp³-hybridized carbons (Fsp3) is 0.714. The lowest BCUT2D eigenvalue weighted by Gasteiger charge is -2.50. The molecule has 2 heteroatoms. The summed E-state index contributed by atoms with van der Waals surface area (Å²) in [5.41, 5.74) is 3.42. The summed E-state index contributed by atoms with van der Waals surface area (Å²) < 4.78 is 0. The molecule has 88 valence electrons. The summed E-state index contributed by atoms with van der Waals surface area (Å²) in [6, 6.07) is 0. The van der Waals surface area contributed by atoms with Crippen molar-refractivity contribution in [3.63, 3.8) is 0 Å². The third-order valence-electron chi connectivity index (χ3n) is 4.53. The van der Waals surface area contributed by atoms with Gasteiger partial charge in [-0.3, -0.25) is 0 Å². The van der Waals surface area contributed by atoms with E-state index in [0.29, 0.717) is 11.8 Å².